The van der Waals surface area contributed by atoms with Crippen molar-refractivity contribution in [3.05, 3.63) is 0 Å². The molecular weight excluding hydrogens is 1120 g/mol. The van der Waals surface area contributed by atoms with Gasteiger partial charge < -0.3 is 38.5 Å². The van der Waals surface area contributed by atoms with Crippen molar-refractivity contribution in [3.63, 3.8) is 0 Å². The topological polar surface area (TPSA) is 186 Å². The van der Waals surface area contributed by atoms with Crippen LogP contribution >= 0.6 is 0 Å². The van der Waals surface area contributed by atoms with Crippen LogP contribution in [0.2, 0.25) is 0 Å². The smallest absolute Gasteiger partial charge is 0.311 e. The molecule has 4 atom stereocenters. The molecule has 4 heterocycles. The summed E-state index contributed by atoms with van der Waals surface area (Å²) in [6, 6.07) is 0. The Morgan fingerprint density at radius 2 is 0.449 bits per heavy atom. The summed E-state index contributed by atoms with van der Waals surface area (Å²) in [4.78, 5) is 103. The van der Waals surface area contributed by atoms with E-state index in [1.807, 2.05) is 26.5 Å². The lowest BCUT2D eigenvalue weighted by molar-refractivity contribution is -0.149. The van der Waals surface area contributed by atoms with Gasteiger partial charge in [0.25, 0.3) is 0 Å². The molecule has 4 fully saturated rings. The molecule has 0 aromatic rings. The minimum atomic E-state index is -0.243. The third-order valence-electron chi connectivity index (χ3n) is 17.5. The normalized spacial score (nSPS) is 17.9. The van der Waals surface area contributed by atoms with E-state index in [9.17, 15) is 38.4 Å². The summed E-state index contributed by atoms with van der Waals surface area (Å²) in [5.41, 5.74) is 0. The lowest BCUT2D eigenvalue weighted by atomic mass is 10.1. The molecular formula is C73H134N4O12. The Kier molecular flexibility index (Phi) is 52.6. The lowest BCUT2D eigenvalue weighted by Crippen LogP contribution is -2.27. The second-order valence-corrected chi connectivity index (χ2v) is 25.9. The molecule has 4 aliphatic rings. The fourth-order valence-electron chi connectivity index (χ4n) is 11.7. The summed E-state index contributed by atoms with van der Waals surface area (Å²) in [7, 11) is 0. The van der Waals surface area contributed by atoms with Crippen LogP contribution in [0.3, 0.4) is 0 Å². The number of rotatable bonds is 49. The fourth-order valence-corrected chi connectivity index (χ4v) is 11.7. The molecule has 0 radical (unpaired) electrons. The quantitative estimate of drug-likeness (QED) is 0.0319. The van der Waals surface area contributed by atoms with E-state index in [1.54, 1.807) is 0 Å². The van der Waals surface area contributed by atoms with Crippen LogP contribution in [0.5, 0.6) is 0 Å². The van der Waals surface area contributed by atoms with E-state index in [1.165, 1.54) is 167 Å². The molecule has 4 amide bonds. The average molecular weight is 1260 g/mol. The molecule has 89 heavy (non-hydrogen) atoms. The van der Waals surface area contributed by atoms with Crippen LogP contribution in [0.1, 0.15) is 319 Å². The third-order valence-corrected chi connectivity index (χ3v) is 17.5. The summed E-state index contributed by atoms with van der Waals surface area (Å²) in [5.74, 6) is -1.26. The van der Waals surface area contributed by atoms with Gasteiger partial charge >= 0.3 is 23.9 Å². The molecule has 0 N–H and O–H groups in total. The van der Waals surface area contributed by atoms with Crippen molar-refractivity contribution in [2.24, 2.45) is 23.7 Å². The molecule has 4 aliphatic heterocycles. The largest absolute Gasteiger partial charge is 0.465 e. The van der Waals surface area contributed by atoms with Crippen LogP contribution in [-0.2, 0) is 57.3 Å². The van der Waals surface area contributed by atoms with Gasteiger partial charge in [-0.15, -0.1) is 0 Å². The number of carbonyl (C=O) groups is 8. The number of esters is 4. The van der Waals surface area contributed by atoms with E-state index in [4.69, 9.17) is 18.9 Å². The van der Waals surface area contributed by atoms with Crippen LogP contribution in [0.15, 0.2) is 0 Å². The molecule has 0 saturated carbocycles. The third kappa shape index (κ3) is 41.1. The summed E-state index contributed by atoms with van der Waals surface area (Å²) in [5, 5.41) is 0. The average Bonchev–Trinajstić information content (AvgIpc) is 3.58. The SMILES string of the molecule is CCCCCCCCN1CC(C(=O)OCCC)CC1=O.CCCCCCCCN1CC(C(=O)OCCCC)CC1=O.CCCCCCCCN1CC(C(=O)OCCCCCC)CC1=O.CCCCCCCCOC(=O)C1CC(=O)N(CCCCCCCC)C1. The standard InChI is InChI=1S/C21H39NO3.C19H35NO3.C17H31NO3.C16H29NO3/c1-3-5-7-9-11-13-15-22-18-19(17-20(22)23)21(24)25-16-14-12-10-8-6-4-2;1-3-5-7-9-10-11-13-20-16-17(15-18(20)21)19(22)23-14-12-8-6-4-2;1-3-5-7-8-9-10-11-18-14-15(13-16(18)19)17(20)21-12-6-4-2;1-3-5-6-7-8-9-10-17-13-14(12-15(17)18)16(19)20-11-4-2/h19H,3-18H2,1-2H3;17H,3-16H2,1-2H3;15H,3-14H2,1-2H3;14H,3-13H2,1-2H3. The van der Waals surface area contributed by atoms with Crippen LogP contribution in [0.4, 0.5) is 0 Å². The highest BCUT2D eigenvalue weighted by atomic mass is 16.5. The zero-order valence-electron chi connectivity index (χ0n) is 58.5. The molecule has 16 heteroatoms. The minimum Gasteiger partial charge on any atom is -0.465 e. The highest BCUT2D eigenvalue weighted by molar-refractivity contribution is 5.88. The fraction of sp³-hybridized carbons (Fsp3) is 0.890. The maximum absolute atomic E-state index is 12.1. The summed E-state index contributed by atoms with van der Waals surface area (Å²) < 4.78 is 21.0. The van der Waals surface area contributed by atoms with E-state index >= 15 is 0 Å². The molecule has 4 rings (SSSR count). The van der Waals surface area contributed by atoms with Crippen molar-refractivity contribution in [1.29, 1.82) is 0 Å². The molecule has 518 valence electrons. The Labute approximate surface area is 543 Å². The van der Waals surface area contributed by atoms with Gasteiger partial charge in [-0.05, 0) is 51.4 Å². The number of hydrogen-bond donors (Lipinski definition) is 0. The van der Waals surface area contributed by atoms with Gasteiger partial charge in [0.2, 0.25) is 23.6 Å². The number of unbranched alkanes of at least 4 members (excludes halogenated alkanes) is 29. The Morgan fingerprint density at radius 1 is 0.258 bits per heavy atom. The molecule has 0 spiro atoms. The number of nitrogens with zero attached hydrogens (tertiary/aromatic N) is 4. The van der Waals surface area contributed by atoms with E-state index in [2.05, 4.69) is 48.5 Å². The van der Waals surface area contributed by atoms with Crippen molar-refractivity contribution in [2.75, 3.05) is 78.8 Å². The summed E-state index contributed by atoms with van der Waals surface area (Å²) >= 11 is 0. The van der Waals surface area contributed by atoms with Crippen LogP contribution in [0.25, 0.3) is 0 Å². The van der Waals surface area contributed by atoms with Crippen molar-refractivity contribution in [1.82, 2.24) is 19.6 Å². The van der Waals surface area contributed by atoms with Crippen LogP contribution in [-0.4, -0.2) is 146 Å². The predicted octanol–water partition coefficient (Wildman–Crippen LogP) is 16.1. The Morgan fingerprint density at radius 3 is 0.685 bits per heavy atom. The second kappa shape index (κ2) is 56.5. The van der Waals surface area contributed by atoms with Gasteiger partial charge in [-0.2, -0.15) is 0 Å². The first-order valence-corrected chi connectivity index (χ1v) is 37.0. The van der Waals surface area contributed by atoms with Gasteiger partial charge in [-0.1, -0.05) is 242 Å². The monoisotopic (exact) mass is 1260 g/mol. The van der Waals surface area contributed by atoms with E-state index in [0.717, 1.165) is 96.8 Å². The zero-order chi connectivity index (χ0) is 65.5. The maximum Gasteiger partial charge on any atom is 0.311 e. The molecule has 16 nitrogen and oxygen atoms in total. The lowest BCUT2D eigenvalue weighted by Gasteiger charge is -2.16. The first-order chi connectivity index (χ1) is 43.2. The van der Waals surface area contributed by atoms with E-state index in [0.29, 0.717) is 78.3 Å². The van der Waals surface area contributed by atoms with Gasteiger partial charge in [-0.25, -0.2) is 0 Å². The predicted molar refractivity (Wildman–Crippen MR) is 359 cm³/mol. The van der Waals surface area contributed by atoms with Gasteiger partial charge in [0.05, 0.1) is 50.1 Å². The van der Waals surface area contributed by atoms with Gasteiger partial charge in [0.15, 0.2) is 0 Å². The van der Waals surface area contributed by atoms with Crippen molar-refractivity contribution in [2.45, 2.75) is 319 Å². The Bertz CT molecular complexity index is 1850. The van der Waals surface area contributed by atoms with Crippen molar-refractivity contribution >= 4 is 47.5 Å². The minimum absolute atomic E-state index is 0.108. The first-order valence-electron chi connectivity index (χ1n) is 37.0. The van der Waals surface area contributed by atoms with Crippen molar-refractivity contribution in [3.8, 4) is 0 Å². The molecule has 4 unspecified atom stereocenters. The van der Waals surface area contributed by atoms with Gasteiger partial charge in [0.1, 0.15) is 0 Å². The summed E-state index contributed by atoms with van der Waals surface area (Å²) in [6.07, 6.45) is 44.9. The number of likely N-dealkylation sites (tertiary alicyclic amines) is 4. The molecule has 4 saturated heterocycles. The number of hydrogen-bond acceptors (Lipinski definition) is 12. The number of ether oxygens (including phenoxy) is 4. The van der Waals surface area contributed by atoms with E-state index < -0.39 is 0 Å². The first kappa shape index (κ1) is 82.8. The Hall–Kier alpha value is -4.24. The van der Waals surface area contributed by atoms with Crippen LogP contribution < -0.4 is 0 Å². The second-order valence-electron chi connectivity index (χ2n) is 25.9. The number of carbonyl (C=O) groups excluding carboxylic acids is 8. The molecule has 0 aliphatic carbocycles. The van der Waals surface area contributed by atoms with Gasteiger partial charge in [-0.3, -0.25) is 38.4 Å². The molecule has 0 aromatic heterocycles. The van der Waals surface area contributed by atoms with Crippen LogP contribution in [0, 0.1) is 23.7 Å². The van der Waals surface area contributed by atoms with Gasteiger partial charge in [0, 0.05) is 78.0 Å². The Balaban J connectivity index is 0.000000595. The highest BCUT2D eigenvalue weighted by Gasteiger charge is 2.38. The maximum atomic E-state index is 12.1. The zero-order valence-corrected chi connectivity index (χ0v) is 58.5. The molecule has 0 bridgehead atoms. The highest BCUT2D eigenvalue weighted by Crippen LogP contribution is 2.25. The van der Waals surface area contributed by atoms with Crippen molar-refractivity contribution < 1.29 is 57.3 Å². The summed E-state index contributed by atoms with van der Waals surface area (Å²) in [6.45, 7) is 24.6. The number of amides is 4. The van der Waals surface area contributed by atoms with E-state index in [-0.39, 0.29) is 71.2 Å². The molecule has 0 aromatic carbocycles.